The van der Waals surface area contributed by atoms with Crippen LogP contribution < -0.4 is 5.73 Å². The molecule has 0 unspecified atom stereocenters. The van der Waals surface area contributed by atoms with Crippen molar-refractivity contribution < 1.29 is 4.42 Å². The fourth-order valence-electron chi connectivity index (χ4n) is 1.46. The molecule has 0 bridgehead atoms. The maximum Gasteiger partial charge on any atom is 0.292 e. The van der Waals surface area contributed by atoms with E-state index >= 15 is 0 Å². The van der Waals surface area contributed by atoms with Gasteiger partial charge in [0.1, 0.15) is 5.52 Å². The number of nitrogens with zero attached hydrogens (tertiary/aromatic N) is 4. The second-order valence-corrected chi connectivity index (χ2v) is 3.42. The third kappa shape index (κ3) is 2.76. The van der Waals surface area contributed by atoms with Crippen molar-refractivity contribution in [3.8, 4) is 0 Å². The third-order valence-corrected chi connectivity index (χ3v) is 2.20. The molecule has 0 aliphatic carbocycles. The number of azide groups is 1. The molecule has 0 fully saturated rings. The van der Waals surface area contributed by atoms with Crippen molar-refractivity contribution in [2.24, 2.45) is 5.11 Å². The fraction of sp³-hybridized carbons (Fsp3) is 0.182. The Labute approximate surface area is 97.4 Å². The van der Waals surface area contributed by atoms with Crippen molar-refractivity contribution >= 4 is 23.2 Å². The summed E-state index contributed by atoms with van der Waals surface area (Å²) in [5, 5.41) is 3.44. The summed E-state index contributed by atoms with van der Waals surface area (Å²) >= 11 is 0. The number of anilines is 1. The van der Waals surface area contributed by atoms with Crippen molar-refractivity contribution in [1.82, 2.24) is 4.98 Å². The fourth-order valence-corrected chi connectivity index (χ4v) is 1.46. The van der Waals surface area contributed by atoms with Gasteiger partial charge in [0.2, 0.25) is 0 Å². The van der Waals surface area contributed by atoms with E-state index in [1.165, 1.54) is 0 Å². The molecule has 6 heteroatoms. The van der Waals surface area contributed by atoms with Crippen LogP contribution in [0.1, 0.15) is 12.0 Å². The van der Waals surface area contributed by atoms with Gasteiger partial charge in [-0.15, -0.1) is 0 Å². The molecule has 2 N–H and O–H groups in total. The Kier molecular flexibility index (Phi) is 3.28. The Balaban J connectivity index is 2.10. The van der Waals surface area contributed by atoms with E-state index in [-0.39, 0.29) is 6.01 Å². The summed E-state index contributed by atoms with van der Waals surface area (Å²) in [5.41, 5.74) is 16.0. The van der Waals surface area contributed by atoms with Gasteiger partial charge in [0, 0.05) is 11.5 Å². The van der Waals surface area contributed by atoms with Gasteiger partial charge in [-0.2, -0.15) is 4.98 Å². The van der Waals surface area contributed by atoms with E-state index in [4.69, 9.17) is 15.7 Å². The van der Waals surface area contributed by atoms with E-state index in [2.05, 4.69) is 15.0 Å². The number of nitrogen functional groups attached to an aromatic ring is 1. The van der Waals surface area contributed by atoms with Crippen LogP contribution in [-0.2, 0) is 0 Å². The van der Waals surface area contributed by atoms with Gasteiger partial charge in [-0.1, -0.05) is 23.3 Å². The lowest BCUT2D eigenvalue weighted by Crippen LogP contribution is -1.80. The van der Waals surface area contributed by atoms with Gasteiger partial charge in [0.15, 0.2) is 5.58 Å². The standard InChI is InChI=1S/C11H11N5O/c12-11-15-9-7-8(4-5-10(9)17-11)3-1-2-6-14-16-13/h1,3-5,7H,2,6H2,(H2,12,15). The molecule has 0 radical (unpaired) electrons. The lowest BCUT2D eigenvalue weighted by atomic mass is 10.2. The predicted molar refractivity (Wildman–Crippen MR) is 66.1 cm³/mol. The van der Waals surface area contributed by atoms with Crippen molar-refractivity contribution in [2.45, 2.75) is 6.42 Å². The quantitative estimate of drug-likeness (QED) is 0.377. The van der Waals surface area contributed by atoms with E-state index in [1.54, 1.807) is 0 Å². The summed E-state index contributed by atoms with van der Waals surface area (Å²) in [7, 11) is 0. The number of benzene rings is 1. The average molecular weight is 229 g/mol. The smallest absolute Gasteiger partial charge is 0.292 e. The summed E-state index contributed by atoms with van der Waals surface area (Å²) in [4.78, 5) is 6.72. The second-order valence-electron chi connectivity index (χ2n) is 3.42. The van der Waals surface area contributed by atoms with Crippen LogP contribution in [0.2, 0.25) is 0 Å². The van der Waals surface area contributed by atoms with Gasteiger partial charge in [-0.05, 0) is 29.6 Å². The van der Waals surface area contributed by atoms with Crippen LogP contribution in [0.25, 0.3) is 27.6 Å². The van der Waals surface area contributed by atoms with Crippen molar-refractivity contribution in [1.29, 1.82) is 0 Å². The van der Waals surface area contributed by atoms with E-state index in [9.17, 15) is 0 Å². The highest BCUT2D eigenvalue weighted by atomic mass is 16.4. The van der Waals surface area contributed by atoms with E-state index in [0.717, 1.165) is 11.1 Å². The molecule has 2 aromatic rings. The molecule has 1 heterocycles. The normalized spacial score (nSPS) is 10.8. The van der Waals surface area contributed by atoms with Gasteiger partial charge in [-0.3, -0.25) is 0 Å². The largest absolute Gasteiger partial charge is 0.424 e. The molecule has 0 atom stereocenters. The minimum Gasteiger partial charge on any atom is -0.424 e. The van der Waals surface area contributed by atoms with E-state index in [0.29, 0.717) is 18.5 Å². The van der Waals surface area contributed by atoms with Crippen molar-refractivity contribution in [3.05, 3.63) is 40.3 Å². The number of aromatic nitrogens is 1. The highest BCUT2D eigenvalue weighted by Gasteiger charge is 2.01. The van der Waals surface area contributed by atoms with Crippen LogP contribution >= 0.6 is 0 Å². The lowest BCUT2D eigenvalue weighted by Gasteiger charge is -1.92. The number of oxazole rings is 1. The molecule has 17 heavy (non-hydrogen) atoms. The maximum atomic E-state index is 8.11. The number of rotatable bonds is 4. The van der Waals surface area contributed by atoms with Gasteiger partial charge >= 0.3 is 0 Å². The summed E-state index contributed by atoms with van der Waals surface area (Å²) in [6.45, 7) is 0.464. The Bertz CT molecular complexity index is 595. The molecule has 0 saturated heterocycles. The molecule has 0 spiro atoms. The molecule has 2 rings (SSSR count). The van der Waals surface area contributed by atoms with Crippen LogP contribution in [0.4, 0.5) is 6.01 Å². The van der Waals surface area contributed by atoms with E-state index in [1.807, 2.05) is 30.4 Å². The molecule has 0 aliphatic heterocycles. The van der Waals surface area contributed by atoms with Gasteiger partial charge in [0.25, 0.3) is 6.01 Å². The van der Waals surface area contributed by atoms with Crippen LogP contribution in [0.15, 0.2) is 33.8 Å². The first kappa shape index (κ1) is 11.0. The number of hydrogen-bond acceptors (Lipinski definition) is 4. The minimum absolute atomic E-state index is 0.171. The molecule has 86 valence electrons. The number of fused-ring (bicyclic) bond motifs is 1. The molecular formula is C11H11N5O. The molecular weight excluding hydrogens is 218 g/mol. The average Bonchev–Trinajstić information content (AvgIpc) is 2.68. The summed E-state index contributed by atoms with van der Waals surface area (Å²) in [6, 6.07) is 5.80. The minimum atomic E-state index is 0.171. The summed E-state index contributed by atoms with van der Waals surface area (Å²) in [6.07, 6.45) is 4.60. The zero-order valence-corrected chi connectivity index (χ0v) is 9.08. The zero-order valence-electron chi connectivity index (χ0n) is 9.08. The van der Waals surface area contributed by atoms with Crippen molar-refractivity contribution in [2.75, 3.05) is 12.3 Å². The number of nitrogens with two attached hydrogens (primary N) is 1. The Morgan fingerprint density at radius 3 is 3.24 bits per heavy atom. The molecule has 0 saturated carbocycles. The Morgan fingerprint density at radius 1 is 1.53 bits per heavy atom. The second kappa shape index (κ2) is 5.05. The molecule has 1 aromatic carbocycles. The van der Waals surface area contributed by atoms with Gasteiger partial charge < -0.3 is 10.2 Å². The van der Waals surface area contributed by atoms with E-state index < -0.39 is 0 Å². The highest BCUT2D eigenvalue weighted by molar-refractivity contribution is 5.77. The van der Waals surface area contributed by atoms with Crippen LogP contribution in [0.5, 0.6) is 0 Å². The zero-order chi connectivity index (χ0) is 12.1. The molecule has 1 aromatic heterocycles. The monoisotopic (exact) mass is 229 g/mol. The van der Waals surface area contributed by atoms with Crippen LogP contribution in [0.3, 0.4) is 0 Å². The summed E-state index contributed by atoms with van der Waals surface area (Å²) < 4.78 is 5.17. The van der Waals surface area contributed by atoms with Gasteiger partial charge in [-0.25, -0.2) is 0 Å². The first-order chi connectivity index (χ1) is 8.29. The summed E-state index contributed by atoms with van der Waals surface area (Å²) in [5.74, 6) is 0. The highest BCUT2D eigenvalue weighted by Crippen LogP contribution is 2.18. The molecule has 6 nitrogen and oxygen atoms in total. The van der Waals surface area contributed by atoms with Crippen molar-refractivity contribution in [3.63, 3.8) is 0 Å². The molecule has 0 amide bonds. The topological polar surface area (TPSA) is 101 Å². The van der Waals surface area contributed by atoms with Crippen LogP contribution in [-0.4, -0.2) is 11.5 Å². The Hall–Kier alpha value is -2.46. The first-order valence-electron chi connectivity index (χ1n) is 5.13. The van der Waals surface area contributed by atoms with Crippen LogP contribution in [0, 0.1) is 0 Å². The third-order valence-electron chi connectivity index (χ3n) is 2.20. The maximum absolute atomic E-state index is 8.11. The SMILES string of the molecule is [N-]=[N+]=NCCC=Cc1ccc2oc(N)nc2c1. The Morgan fingerprint density at radius 2 is 2.41 bits per heavy atom. The van der Waals surface area contributed by atoms with Gasteiger partial charge in [0.05, 0.1) is 0 Å². The molecule has 0 aliphatic rings. The lowest BCUT2D eigenvalue weighted by molar-refractivity contribution is 0.626. The first-order valence-corrected chi connectivity index (χ1v) is 5.13. The predicted octanol–water partition coefficient (Wildman–Crippen LogP) is 3.12. The number of hydrogen-bond donors (Lipinski definition) is 1.